The summed E-state index contributed by atoms with van der Waals surface area (Å²) in [5.41, 5.74) is 1.71. The average molecular weight is 289 g/mol. The normalized spacial score (nSPS) is 10.4. The van der Waals surface area contributed by atoms with Crippen molar-refractivity contribution in [3.8, 4) is 6.07 Å². The van der Waals surface area contributed by atoms with Crippen LogP contribution in [0.25, 0.3) is 0 Å². The molecule has 0 saturated heterocycles. The third-order valence-corrected chi connectivity index (χ3v) is 3.54. The largest absolute Gasteiger partial charge is 0.383 e. The minimum Gasteiger partial charge on any atom is -0.383 e. The van der Waals surface area contributed by atoms with Crippen LogP contribution in [0.15, 0.2) is 34.6 Å². The zero-order valence-corrected chi connectivity index (χ0v) is 11.9. The van der Waals surface area contributed by atoms with E-state index in [1.165, 1.54) is 18.1 Å². The Balaban J connectivity index is 2.02. The van der Waals surface area contributed by atoms with E-state index in [0.717, 1.165) is 17.0 Å². The summed E-state index contributed by atoms with van der Waals surface area (Å²) >= 11 is 1.39. The first kappa shape index (κ1) is 14.5. The van der Waals surface area contributed by atoms with Crippen molar-refractivity contribution in [3.63, 3.8) is 0 Å². The molecule has 0 atom stereocenters. The summed E-state index contributed by atoms with van der Waals surface area (Å²) in [7, 11) is 1.67. The fourth-order valence-electron chi connectivity index (χ4n) is 1.62. The molecule has 20 heavy (non-hydrogen) atoms. The third kappa shape index (κ3) is 4.06. The van der Waals surface area contributed by atoms with Crippen molar-refractivity contribution in [1.82, 2.24) is 20.5 Å². The van der Waals surface area contributed by atoms with Gasteiger partial charge >= 0.3 is 0 Å². The summed E-state index contributed by atoms with van der Waals surface area (Å²) in [5.74, 6) is 0. The van der Waals surface area contributed by atoms with Crippen LogP contribution < -0.4 is 5.32 Å². The second kappa shape index (κ2) is 7.65. The molecule has 2 N–H and O–H groups in total. The van der Waals surface area contributed by atoms with Gasteiger partial charge in [-0.3, -0.25) is 5.10 Å². The Morgan fingerprint density at radius 2 is 2.40 bits per heavy atom. The number of benzene rings is 1. The van der Waals surface area contributed by atoms with Crippen molar-refractivity contribution in [1.29, 1.82) is 5.26 Å². The molecule has 0 bridgehead atoms. The van der Waals surface area contributed by atoms with Gasteiger partial charge in [-0.05, 0) is 29.5 Å². The highest BCUT2D eigenvalue weighted by molar-refractivity contribution is 7.99. The number of aromatic amines is 1. The van der Waals surface area contributed by atoms with Crippen LogP contribution in [0.4, 0.5) is 0 Å². The van der Waals surface area contributed by atoms with Gasteiger partial charge < -0.3 is 10.1 Å². The number of aromatic nitrogens is 3. The zero-order chi connectivity index (χ0) is 14.2. The van der Waals surface area contributed by atoms with Gasteiger partial charge in [0.1, 0.15) is 12.4 Å². The maximum absolute atomic E-state index is 9.23. The van der Waals surface area contributed by atoms with Crippen LogP contribution in [0.1, 0.15) is 11.1 Å². The molecule has 2 aromatic rings. The Morgan fingerprint density at radius 3 is 3.10 bits per heavy atom. The van der Waals surface area contributed by atoms with Gasteiger partial charge in [-0.2, -0.15) is 10.4 Å². The van der Waals surface area contributed by atoms with Crippen molar-refractivity contribution < 1.29 is 4.74 Å². The fourth-order valence-corrected chi connectivity index (χ4v) is 2.38. The van der Waals surface area contributed by atoms with E-state index in [4.69, 9.17) is 4.74 Å². The lowest BCUT2D eigenvalue weighted by molar-refractivity contribution is 0.199. The standard InChI is InChI=1S/C13H15N5OS/c1-19-5-4-15-8-10-2-3-12(11(6-10)7-14)20-13-16-9-17-18-13/h2-3,6,9,15H,4-5,8H2,1H3,(H,16,17,18). The molecule has 0 unspecified atom stereocenters. The number of methoxy groups -OCH3 is 1. The van der Waals surface area contributed by atoms with Gasteiger partial charge in [-0.25, -0.2) is 4.98 Å². The molecule has 0 amide bonds. The molecule has 0 spiro atoms. The van der Waals surface area contributed by atoms with Gasteiger partial charge in [0.25, 0.3) is 0 Å². The Labute approximate surface area is 121 Å². The van der Waals surface area contributed by atoms with Gasteiger partial charge in [0, 0.05) is 25.1 Å². The van der Waals surface area contributed by atoms with E-state index in [0.29, 0.717) is 23.9 Å². The van der Waals surface area contributed by atoms with Crippen LogP contribution >= 0.6 is 11.8 Å². The lowest BCUT2D eigenvalue weighted by atomic mass is 10.1. The van der Waals surface area contributed by atoms with E-state index in [1.54, 1.807) is 7.11 Å². The summed E-state index contributed by atoms with van der Waals surface area (Å²) in [6.45, 7) is 2.17. The first-order valence-corrected chi connectivity index (χ1v) is 6.91. The van der Waals surface area contributed by atoms with Gasteiger partial charge in [0.05, 0.1) is 12.2 Å². The smallest absolute Gasteiger partial charge is 0.188 e. The van der Waals surface area contributed by atoms with Crippen molar-refractivity contribution in [3.05, 3.63) is 35.7 Å². The van der Waals surface area contributed by atoms with Crippen LogP contribution in [0, 0.1) is 11.3 Å². The maximum Gasteiger partial charge on any atom is 0.188 e. The Bertz CT molecular complexity index is 579. The summed E-state index contributed by atoms with van der Waals surface area (Å²) in [6, 6.07) is 8.03. The SMILES string of the molecule is COCCNCc1ccc(Sc2ncn[nH]2)c(C#N)c1. The predicted octanol–water partition coefficient (Wildman–Crippen LogP) is 1.56. The minimum absolute atomic E-state index is 0.637. The molecule has 1 aromatic carbocycles. The van der Waals surface area contributed by atoms with E-state index >= 15 is 0 Å². The molecule has 6 nitrogen and oxygen atoms in total. The topological polar surface area (TPSA) is 86.6 Å². The van der Waals surface area contributed by atoms with Crippen LogP contribution in [0.5, 0.6) is 0 Å². The van der Waals surface area contributed by atoms with Crippen molar-refractivity contribution >= 4 is 11.8 Å². The van der Waals surface area contributed by atoms with E-state index in [9.17, 15) is 5.26 Å². The van der Waals surface area contributed by atoms with Crippen molar-refractivity contribution in [2.24, 2.45) is 0 Å². The molecule has 0 fully saturated rings. The lowest BCUT2D eigenvalue weighted by Crippen LogP contribution is -2.18. The first-order valence-electron chi connectivity index (χ1n) is 6.09. The van der Waals surface area contributed by atoms with Gasteiger partial charge in [0.2, 0.25) is 0 Å². The molecule has 2 rings (SSSR count). The summed E-state index contributed by atoms with van der Waals surface area (Å²) < 4.78 is 4.97. The Hall–Kier alpha value is -1.88. The van der Waals surface area contributed by atoms with E-state index in [2.05, 4.69) is 26.6 Å². The molecular formula is C13H15N5OS. The number of nitrogens with zero attached hydrogens (tertiary/aromatic N) is 3. The molecule has 104 valence electrons. The lowest BCUT2D eigenvalue weighted by Gasteiger charge is -2.07. The van der Waals surface area contributed by atoms with Gasteiger partial charge in [-0.15, -0.1) is 0 Å². The summed E-state index contributed by atoms with van der Waals surface area (Å²) in [4.78, 5) is 4.91. The minimum atomic E-state index is 0.637. The summed E-state index contributed by atoms with van der Waals surface area (Å²) in [5, 5.41) is 19.7. The molecule has 0 aliphatic heterocycles. The van der Waals surface area contributed by atoms with Crippen molar-refractivity contribution in [2.45, 2.75) is 16.6 Å². The Kier molecular flexibility index (Phi) is 5.55. The van der Waals surface area contributed by atoms with Crippen LogP contribution in [-0.2, 0) is 11.3 Å². The zero-order valence-electron chi connectivity index (χ0n) is 11.1. The molecule has 0 aliphatic rings. The van der Waals surface area contributed by atoms with E-state index < -0.39 is 0 Å². The Morgan fingerprint density at radius 1 is 1.50 bits per heavy atom. The van der Waals surface area contributed by atoms with Crippen LogP contribution in [-0.4, -0.2) is 35.4 Å². The molecule has 0 radical (unpaired) electrons. The third-order valence-electron chi connectivity index (χ3n) is 2.58. The van der Waals surface area contributed by atoms with Crippen LogP contribution in [0.3, 0.4) is 0 Å². The monoisotopic (exact) mass is 289 g/mol. The second-order valence-corrected chi connectivity index (χ2v) is 5.04. The number of ether oxygens (including phenoxy) is 1. The summed E-state index contributed by atoms with van der Waals surface area (Å²) in [6.07, 6.45) is 1.45. The van der Waals surface area contributed by atoms with Crippen LogP contribution in [0.2, 0.25) is 0 Å². The van der Waals surface area contributed by atoms with E-state index in [1.807, 2.05) is 18.2 Å². The molecule has 7 heteroatoms. The molecule has 1 aromatic heterocycles. The average Bonchev–Trinajstić information content (AvgIpc) is 2.98. The van der Waals surface area contributed by atoms with Crippen molar-refractivity contribution in [2.75, 3.05) is 20.3 Å². The molecular weight excluding hydrogens is 274 g/mol. The van der Waals surface area contributed by atoms with E-state index in [-0.39, 0.29) is 0 Å². The number of H-pyrrole nitrogens is 1. The number of hydrogen-bond donors (Lipinski definition) is 2. The predicted molar refractivity (Wildman–Crippen MR) is 75.2 cm³/mol. The highest BCUT2D eigenvalue weighted by Gasteiger charge is 2.07. The molecule has 0 saturated carbocycles. The number of nitriles is 1. The highest BCUT2D eigenvalue weighted by atomic mass is 32.2. The highest BCUT2D eigenvalue weighted by Crippen LogP contribution is 2.27. The number of nitrogens with one attached hydrogen (secondary N) is 2. The first-order chi connectivity index (χ1) is 9.83. The molecule has 0 aliphatic carbocycles. The second-order valence-electron chi connectivity index (χ2n) is 4.00. The number of rotatable bonds is 7. The fraction of sp³-hybridized carbons (Fsp3) is 0.308. The number of hydrogen-bond acceptors (Lipinski definition) is 6. The quantitative estimate of drug-likeness (QED) is 0.752. The molecule has 1 heterocycles. The van der Waals surface area contributed by atoms with Gasteiger partial charge in [-0.1, -0.05) is 6.07 Å². The maximum atomic E-state index is 9.23. The van der Waals surface area contributed by atoms with Gasteiger partial charge in [0.15, 0.2) is 5.16 Å².